The third-order valence-corrected chi connectivity index (χ3v) is 10.5. The summed E-state index contributed by atoms with van der Waals surface area (Å²) in [6.45, 7) is 3.05. The maximum absolute atomic E-state index is 13.7. The molecule has 0 aromatic carbocycles. The number of carbonyl (C=O) groups excluding carboxylic acids is 2. The van der Waals surface area contributed by atoms with Crippen LogP contribution in [0.1, 0.15) is 42.1 Å². The first kappa shape index (κ1) is 23.6. The van der Waals surface area contributed by atoms with Crippen molar-refractivity contribution in [1.82, 2.24) is 29.3 Å². The number of sulfonamides is 1. The van der Waals surface area contributed by atoms with E-state index in [0.29, 0.717) is 24.5 Å². The van der Waals surface area contributed by atoms with Crippen molar-refractivity contribution in [2.45, 2.75) is 57.0 Å². The highest BCUT2D eigenvalue weighted by atomic mass is 32.3. The zero-order valence-electron chi connectivity index (χ0n) is 19.9. The summed E-state index contributed by atoms with van der Waals surface area (Å²) < 4.78 is 36.2. The van der Waals surface area contributed by atoms with Crippen LogP contribution in [0.2, 0.25) is 0 Å². The summed E-state index contributed by atoms with van der Waals surface area (Å²) in [6, 6.07) is 1.43. The van der Waals surface area contributed by atoms with E-state index in [0.717, 1.165) is 35.7 Å². The van der Waals surface area contributed by atoms with Gasteiger partial charge in [0, 0.05) is 36.1 Å². The molecule has 6 rings (SSSR count). The highest BCUT2D eigenvalue weighted by molar-refractivity contribution is 8.18. The second-order valence-corrected chi connectivity index (χ2v) is 13.0. The van der Waals surface area contributed by atoms with Crippen LogP contribution in [0.15, 0.2) is 35.0 Å². The van der Waals surface area contributed by atoms with Gasteiger partial charge in [-0.1, -0.05) is 11.8 Å². The van der Waals surface area contributed by atoms with Crippen LogP contribution in [0.5, 0.6) is 0 Å². The summed E-state index contributed by atoms with van der Waals surface area (Å²) in [4.78, 5) is 34.4. The lowest BCUT2D eigenvalue weighted by Crippen LogP contribution is -2.58. The van der Waals surface area contributed by atoms with Crippen LogP contribution in [-0.4, -0.2) is 55.8 Å². The van der Waals surface area contributed by atoms with Crippen LogP contribution in [0, 0.1) is 5.92 Å². The zero-order valence-corrected chi connectivity index (χ0v) is 21.5. The average Bonchev–Trinajstić information content (AvgIpc) is 3.25. The number of hydrogen-bond acceptors (Lipinski definition) is 8. The summed E-state index contributed by atoms with van der Waals surface area (Å²) in [5, 5.41) is 3.45. The molecule has 3 aliphatic heterocycles. The van der Waals surface area contributed by atoms with E-state index in [4.69, 9.17) is 4.74 Å². The molecule has 2 atom stereocenters. The van der Waals surface area contributed by atoms with Crippen molar-refractivity contribution in [1.29, 1.82) is 0 Å². The lowest BCUT2D eigenvalue weighted by molar-refractivity contribution is -0.135. The minimum absolute atomic E-state index is 0.0492. The Labute approximate surface area is 212 Å². The van der Waals surface area contributed by atoms with Gasteiger partial charge in [0.25, 0.3) is 0 Å². The molecule has 2 unspecified atom stereocenters. The van der Waals surface area contributed by atoms with E-state index in [-0.39, 0.29) is 17.3 Å². The van der Waals surface area contributed by atoms with Gasteiger partial charge in [0.1, 0.15) is 9.61 Å². The van der Waals surface area contributed by atoms with Crippen molar-refractivity contribution in [3.05, 3.63) is 57.4 Å². The normalized spacial score (nSPS) is 24.7. The number of imide groups is 1. The molecular weight excluding hydrogens is 504 g/mol. The average molecular weight is 531 g/mol. The number of amides is 3. The van der Waals surface area contributed by atoms with E-state index in [2.05, 4.69) is 14.8 Å². The second kappa shape index (κ2) is 8.40. The van der Waals surface area contributed by atoms with Gasteiger partial charge in [-0.15, -0.1) is 0 Å². The highest BCUT2D eigenvalue weighted by Gasteiger charge is 2.52. The number of nitrogens with one attached hydrogen (secondary N) is 1. The Balaban J connectivity index is 1.32. The number of aromatic nitrogens is 3. The van der Waals surface area contributed by atoms with Crippen LogP contribution in [-0.2, 0) is 52.9 Å². The number of hydrogen-bond donors (Lipinski definition) is 1. The molecule has 2 aromatic rings. The Kier molecular flexibility index (Phi) is 5.52. The molecule has 1 saturated carbocycles. The molecule has 1 aliphatic carbocycles. The summed E-state index contributed by atoms with van der Waals surface area (Å²) in [5.74, 6) is -1.21. The van der Waals surface area contributed by atoms with Gasteiger partial charge in [-0.2, -0.15) is 5.10 Å². The number of aryl methyl sites for hydroxylation is 1. The van der Waals surface area contributed by atoms with Crippen LogP contribution < -0.4 is 4.72 Å². The molecule has 3 amide bonds. The number of carbonyl (C=O) groups is 2. The molecule has 0 bridgehead atoms. The second-order valence-electron chi connectivity index (χ2n) is 9.98. The molecule has 1 N–H and O–H groups in total. The van der Waals surface area contributed by atoms with E-state index in [9.17, 15) is 18.0 Å². The molecule has 4 aliphatic rings. The van der Waals surface area contributed by atoms with Gasteiger partial charge in [0.05, 0.1) is 44.1 Å². The van der Waals surface area contributed by atoms with Crippen molar-refractivity contribution < 1.29 is 22.7 Å². The van der Waals surface area contributed by atoms with E-state index in [1.54, 1.807) is 35.2 Å². The van der Waals surface area contributed by atoms with Crippen LogP contribution in [0.25, 0.3) is 0 Å². The molecule has 0 spiro atoms. The Morgan fingerprint density at radius 3 is 2.69 bits per heavy atom. The third kappa shape index (κ3) is 4.23. The van der Waals surface area contributed by atoms with E-state index >= 15 is 0 Å². The van der Waals surface area contributed by atoms with Crippen molar-refractivity contribution in [2.24, 2.45) is 13.0 Å². The van der Waals surface area contributed by atoms with Crippen molar-refractivity contribution >= 4 is 33.7 Å². The lowest BCUT2D eigenvalue weighted by atomic mass is 10.0. The molecule has 36 heavy (non-hydrogen) atoms. The van der Waals surface area contributed by atoms with Crippen molar-refractivity contribution in [3.63, 3.8) is 0 Å². The monoisotopic (exact) mass is 530 g/mol. The van der Waals surface area contributed by atoms with Gasteiger partial charge in [-0.05, 0) is 37.5 Å². The Bertz CT molecular complexity index is 1400. The summed E-state index contributed by atoms with van der Waals surface area (Å²) in [5.41, 5.74) is 2.95. The predicted octanol–water partition coefficient (Wildman–Crippen LogP) is 1.81. The van der Waals surface area contributed by atoms with Gasteiger partial charge < -0.3 is 9.64 Å². The minimum Gasteiger partial charge on any atom is -0.372 e. The smallest absolute Gasteiger partial charge is 0.328 e. The largest absolute Gasteiger partial charge is 0.372 e. The number of rotatable bonds is 7. The van der Waals surface area contributed by atoms with Gasteiger partial charge >= 0.3 is 6.03 Å². The molecule has 1 saturated heterocycles. The lowest BCUT2D eigenvalue weighted by Gasteiger charge is -2.41. The molecule has 2 fully saturated rings. The molecule has 2 aromatic heterocycles. The van der Waals surface area contributed by atoms with Crippen LogP contribution in [0.3, 0.4) is 0 Å². The third-order valence-electron chi connectivity index (χ3n) is 6.93. The quantitative estimate of drug-likeness (QED) is 0.574. The van der Waals surface area contributed by atoms with E-state index < -0.39 is 38.8 Å². The standard InChI is InChI=1S/C23H26N6O5S2/c1-23(3-4-23)26-36(32,33)19-6-18-20(30)28(10-14-7-25-27(2)9-14)22(31)29(21(18)35-19)11-17-5-15-12-34-13-16(15)8-24-17/h5-9,18,21,26H,3-4,10-13H2,1-2H3. The van der Waals surface area contributed by atoms with Crippen molar-refractivity contribution in [2.75, 3.05) is 0 Å². The number of nitrogens with zero attached hydrogens (tertiary/aromatic N) is 5. The Morgan fingerprint density at radius 1 is 1.19 bits per heavy atom. The Hall–Kier alpha value is -2.74. The van der Waals surface area contributed by atoms with Gasteiger partial charge in [-0.3, -0.25) is 19.4 Å². The number of ether oxygens (including phenoxy) is 1. The number of thioether (sulfide) groups is 1. The molecule has 0 radical (unpaired) electrons. The zero-order chi connectivity index (χ0) is 25.2. The SMILES string of the molecule is Cn1cc(CN2C(=O)C3C=C(S(=O)(=O)NC4(C)CC4)SC3N(Cc3cc4c(cn3)COC4)C2=O)cn1. The first-order valence-corrected chi connectivity index (χ1v) is 14.0. The van der Waals surface area contributed by atoms with Crippen LogP contribution >= 0.6 is 11.8 Å². The van der Waals surface area contributed by atoms with E-state index in [1.807, 2.05) is 13.0 Å². The summed E-state index contributed by atoms with van der Waals surface area (Å²) in [7, 11) is -2.05. The van der Waals surface area contributed by atoms with Crippen molar-refractivity contribution in [3.8, 4) is 0 Å². The fourth-order valence-corrected chi connectivity index (χ4v) is 7.98. The molecule has 13 heteroatoms. The van der Waals surface area contributed by atoms with Gasteiger partial charge in [0.15, 0.2) is 0 Å². The molecule has 5 heterocycles. The first-order valence-electron chi connectivity index (χ1n) is 11.7. The van der Waals surface area contributed by atoms with Gasteiger partial charge in [-0.25, -0.2) is 17.9 Å². The first-order chi connectivity index (χ1) is 17.1. The topological polar surface area (TPSA) is 127 Å². The highest BCUT2D eigenvalue weighted by Crippen LogP contribution is 2.46. The maximum atomic E-state index is 13.7. The fraction of sp³-hybridized carbons (Fsp3) is 0.478. The fourth-order valence-electron chi connectivity index (χ4n) is 4.68. The maximum Gasteiger partial charge on any atom is 0.328 e. The Morgan fingerprint density at radius 2 is 1.97 bits per heavy atom. The molecular formula is C23H26N6O5S2. The summed E-state index contributed by atoms with van der Waals surface area (Å²) >= 11 is 1.04. The number of fused-ring (bicyclic) bond motifs is 2. The molecule has 11 nitrogen and oxygen atoms in total. The summed E-state index contributed by atoms with van der Waals surface area (Å²) in [6.07, 6.45) is 8.13. The number of pyridine rings is 1. The predicted molar refractivity (Wildman–Crippen MR) is 130 cm³/mol. The van der Waals surface area contributed by atoms with Crippen LogP contribution in [0.4, 0.5) is 4.79 Å². The van der Waals surface area contributed by atoms with Gasteiger partial charge in [0.2, 0.25) is 15.9 Å². The minimum atomic E-state index is -3.81. The number of urea groups is 1. The molecule has 190 valence electrons. The van der Waals surface area contributed by atoms with E-state index in [1.165, 1.54) is 11.0 Å².